The van der Waals surface area contributed by atoms with Crippen LogP contribution < -0.4 is 5.43 Å². The van der Waals surface area contributed by atoms with Crippen molar-refractivity contribution in [1.29, 1.82) is 0 Å². The summed E-state index contributed by atoms with van der Waals surface area (Å²) in [6, 6.07) is -0.650. The van der Waals surface area contributed by atoms with Crippen molar-refractivity contribution < 1.29 is 19.5 Å². The second kappa shape index (κ2) is 5.89. The van der Waals surface area contributed by atoms with E-state index in [1.165, 1.54) is 6.20 Å². The number of carbonyl (C=O) groups is 3. The lowest BCUT2D eigenvalue weighted by Gasteiger charge is -2.30. The molecule has 0 aromatic rings. The quantitative estimate of drug-likeness (QED) is 0.418. The van der Waals surface area contributed by atoms with Gasteiger partial charge in [0.25, 0.3) is 0 Å². The third-order valence-corrected chi connectivity index (χ3v) is 2.43. The molecule has 0 radical (unpaired) electrons. The number of hydrogen-bond acceptors (Lipinski definition) is 4. The van der Waals surface area contributed by atoms with E-state index in [2.05, 4.69) is 5.43 Å². The van der Waals surface area contributed by atoms with E-state index in [9.17, 15) is 14.4 Å². The minimum atomic E-state index is -1.23. The van der Waals surface area contributed by atoms with Gasteiger partial charge in [0.2, 0.25) is 0 Å². The SMILES string of the molecule is O=CC=CNN(C(=O)O)C1CCCCC1=O. The Kier molecular flexibility index (Phi) is 4.50. The molecule has 1 rings (SSSR count). The van der Waals surface area contributed by atoms with E-state index in [0.29, 0.717) is 19.1 Å². The second-order valence-electron chi connectivity index (χ2n) is 3.50. The van der Waals surface area contributed by atoms with E-state index in [0.717, 1.165) is 23.9 Å². The first-order chi connectivity index (χ1) is 7.66. The molecule has 0 bridgehead atoms. The number of ketones is 1. The number of Topliss-reactive ketones (excluding diaryl/α,β-unsaturated/α-hetero) is 1. The van der Waals surface area contributed by atoms with E-state index in [1.54, 1.807) is 0 Å². The van der Waals surface area contributed by atoms with Gasteiger partial charge in [0.1, 0.15) is 12.3 Å². The summed E-state index contributed by atoms with van der Waals surface area (Å²) in [6.07, 6.45) is 4.20. The van der Waals surface area contributed by atoms with Crippen molar-refractivity contribution >= 4 is 18.2 Å². The van der Waals surface area contributed by atoms with Gasteiger partial charge in [-0.15, -0.1) is 0 Å². The van der Waals surface area contributed by atoms with Crippen molar-refractivity contribution in [3.05, 3.63) is 12.3 Å². The van der Waals surface area contributed by atoms with E-state index in [-0.39, 0.29) is 5.78 Å². The predicted molar refractivity (Wildman–Crippen MR) is 55.5 cm³/mol. The molecule has 1 fully saturated rings. The first-order valence-electron chi connectivity index (χ1n) is 5.08. The molecule has 1 saturated carbocycles. The Morgan fingerprint density at radius 1 is 1.50 bits per heavy atom. The Labute approximate surface area is 92.9 Å². The third kappa shape index (κ3) is 3.08. The molecule has 1 amide bonds. The van der Waals surface area contributed by atoms with Gasteiger partial charge >= 0.3 is 6.09 Å². The average molecular weight is 226 g/mol. The fourth-order valence-corrected chi connectivity index (χ4v) is 1.68. The zero-order valence-corrected chi connectivity index (χ0v) is 8.76. The number of carboxylic acid groups (broad SMARTS) is 1. The van der Waals surface area contributed by atoms with Crippen LogP contribution in [0, 0.1) is 0 Å². The lowest BCUT2D eigenvalue weighted by Crippen LogP contribution is -2.51. The molecule has 0 saturated heterocycles. The number of hydrogen-bond donors (Lipinski definition) is 2. The molecule has 6 nitrogen and oxygen atoms in total. The Bertz CT molecular complexity index is 314. The Morgan fingerprint density at radius 2 is 2.25 bits per heavy atom. The molecule has 2 N–H and O–H groups in total. The highest BCUT2D eigenvalue weighted by Gasteiger charge is 2.31. The summed E-state index contributed by atoms with van der Waals surface area (Å²) in [5, 5.41) is 9.78. The number of rotatable bonds is 4. The van der Waals surface area contributed by atoms with Crippen LogP contribution in [-0.4, -0.2) is 34.3 Å². The van der Waals surface area contributed by atoms with Crippen LogP contribution in [0.15, 0.2) is 12.3 Å². The maximum atomic E-state index is 11.5. The molecule has 0 spiro atoms. The maximum absolute atomic E-state index is 11.5. The molecule has 1 aliphatic carbocycles. The lowest BCUT2D eigenvalue weighted by atomic mass is 9.94. The Balaban J connectivity index is 2.67. The Morgan fingerprint density at radius 3 is 2.81 bits per heavy atom. The zero-order valence-electron chi connectivity index (χ0n) is 8.76. The summed E-state index contributed by atoms with van der Waals surface area (Å²) in [7, 11) is 0. The molecule has 88 valence electrons. The monoisotopic (exact) mass is 226 g/mol. The summed E-state index contributed by atoms with van der Waals surface area (Å²) in [5.74, 6) is -0.0827. The third-order valence-electron chi connectivity index (χ3n) is 2.43. The van der Waals surface area contributed by atoms with Gasteiger partial charge in [-0.3, -0.25) is 15.0 Å². The predicted octanol–water partition coefficient (Wildman–Crippen LogP) is 0.695. The number of amides is 1. The first-order valence-corrected chi connectivity index (χ1v) is 5.08. The Hall–Kier alpha value is -1.85. The lowest BCUT2D eigenvalue weighted by molar-refractivity contribution is -0.126. The van der Waals surface area contributed by atoms with Gasteiger partial charge in [0, 0.05) is 12.6 Å². The van der Waals surface area contributed by atoms with Crippen LogP contribution in [0.5, 0.6) is 0 Å². The van der Waals surface area contributed by atoms with Gasteiger partial charge in [-0.05, 0) is 18.9 Å². The van der Waals surface area contributed by atoms with Crippen LogP contribution in [0.25, 0.3) is 0 Å². The molecular weight excluding hydrogens is 212 g/mol. The number of aldehydes is 1. The summed E-state index contributed by atoms with van der Waals surface area (Å²) in [6.45, 7) is 0. The van der Waals surface area contributed by atoms with Crippen LogP contribution in [0.3, 0.4) is 0 Å². The van der Waals surface area contributed by atoms with Gasteiger partial charge in [0.05, 0.1) is 0 Å². The van der Waals surface area contributed by atoms with Crippen molar-refractivity contribution in [1.82, 2.24) is 10.4 Å². The highest BCUT2D eigenvalue weighted by molar-refractivity contribution is 5.87. The van der Waals surface area contributed by atoms with Crippen molar-refractivity contribution in [2.75, 3.05) is 0 Å². The number of nitrogens with zero attached hydrogens (tertiary/aromatic N) is 1. The number of hydrazine groups is 1. The van der Waals surface area contributed by atoms with Crippen LogP contribution in [0.1, 0.15) is 25.7 Å². The van der Waals surface area contributed by atoms with E-state index in [1.807, 2.05) is 0 Å². The van der Waals surface area contributed by atoms with E-state index < -0.39 is 12.1 Å². The molecule has 6 heteroatoms. The minimum Gasteiger partial charge on any atom is -0.464 e. The van der Waals surface area contributed by atoms with Crippen molar-refractivity contribution in [3.63, 3.8) is 0 Å². The van der Waals surface area contributed by atoms with Crippen LogP contribution in [0.4, 0.5) is 4.79 Å². The van der Waals surface area contributed by atoms with Gasteiger partial charge in [-0.1, -0.05) is 6.42 Å². The standard InChI is InChI=1S/C10H14N2O4/c13-7-3-6-11-12(10(15)16)8-4-1-2-5-9(8)14/h3,6-8,11H,1-2,4-5H2,(H,15,16). The number of carbonyl (C=O) groups excluding carboxylic acids is 2. The molecule has 0 aromatic carbocycles. The fourth-order valence-electron chi connectivity index (χ4n) is 1.68. The van der Waals surface area contributed by atoms with Crippen LogP contribution in [-0.2, 0) is 9.59 Å². The molecule has 16 heavy (non-hydrogen) atoms. The summed E-state index contributed by atoms with van der Waals surface area (Å²) in [4.78, 5) is 32.5. The molecule has 0 aromatic heterocycles. The summed E-state index contributed by atoms with van der Waals surface area (Å²) >= 11 is 0. The molecular formula is C10H14N2O4. The van der Waals surface area contributed by atoms with Crippen LogP contribution in [0.2, 0.25) is 0 Å². The smallest absolute Gasteiger partial charge is 0.426 e. The minimum absolute atomic E-state index is 0.0827. The van der Waals surface area contributed by atoms with Crippen molar-refractivity contribution in [3.8, 4) is 0 Å². The van der Waals surface area contributed by atoms with Crippen molar-refractivity contribution in [2.24, 2.45) is 0 Å². The number of allylic oxidation sites excluding steroid dienone is 1. The van der Waals surface area contributed by atoms with E-state index >= 15 is 0 Å². The second-order valence-corrected chi connectivity index (χ2v) is 3.50. The highest BCUT2D eigenvalue weighted by Crippen LogP contribution is 2.18. The molecule has 0 heterocycles. The number of nitrogens with one attached hydrogen (secondary N) is 1. The van der Waals surface area contributed by atoms with Crippen molar-refractivity contribution in [2.45, 2.75) is 31.7 Å². The average Bonchev–Trinajstić information content (AvgIpc) is 2.25. The van der Waals surface area contributed by atoms with E-state index in [4.69, 9.17) is 5.11 Å². The summed E-state index contributed by atoms with van der Waals surface area (Å²) in [5.41, 5.74) is 2.42. The van der Waals surface area contributed by atoms with Gasteiger partial charge in [-0.25, -0.2) is 9.80 Å². The molecule has 1 aliphatic rings. The normalized spacial score (nSPS) is 20.8. The molecule has 1 atom stereocenters. The largest absolute Gasteiger partial charge is 0.464 e. The maximum Gasteiger partial charge on any atom is 0.426 e. The molecule has 1 unspecified atom stereocenters. The highest BCUT2D eigenvalue weighted by atomic mass is 16.4. The van der Waals surface area contributed by atoms with Gasteiger partial charge in [-0.2, -0.15) is 0 Å². The molecule has 0 aliphatic heterocycles. The topological polar surface area (TPSA) is 86.7 Å². The summed E-state index contributed by atoms with van der Waals surface area (Å²) < 4.78 is 0. The van der Waals surface area contributed by atoms with Gasteiger partial charge < -0.3 is 5.11 Å². The van der Waals surface area contributed by atoms with Gasteiger partial charge in [0.15, 0.2) is 5.78 Å². The fraction of sp³-hybridized carbons (Fsp3) is 0.500. The van der Waals surface area contributed by atoms with Crippen LogP contribution >= 0.6 is 0 Å². The zero-order chi connectivity index (χ0) is 12.0. The first kappa shape index (κ1) is 12.2.